The number of allylic oxidation sites excluding steroid dienone is 1. The fraction of sp³-hybridized carbons (Fsp3) is 0.238. The summed E-state index contributed by atoms with van der Waals surface area (Å²) in [5, 5.41) is 16.9. The Hall–Kier alpha value is -3.05. The zero-order chi connectivity index (χ0) is 21.8. The largest absolute Gasteiger partial charge is 0.385 e. The smallest absolute Gasteiger partial charge is 0.285 e. The standard InChI is InChI=1S/C21H22N4O5S/c1-29-13-6-12-24(21-18-8-3-5-10-20(18)31(27,28)23-21)22-15-16-11-14-30-25(26)19-9-4-2-7-17(16)19/h2-5,7-11,15,26H,6,12-14H2,1H3/b22-15+. The topological polar surface area (TPSA) is 104 Å². The summed E-state index contributed by atoms with van der Waals surface area (Å²) in [6.07, 6.45) is 4.02. The zero-order valence-corrected chi connectivity index (χ0v) is 17.7. The summed E-state index contributed by atoms with van der Waals surface area (Å²) >= 11 is 0. The quantitative estimate of drug-likeness (QED) is 0.417. The minimum absolute atomic E-state index is 0.147. The molecule has 0 aromatic heterocycles. The van der Waals surface area contributed by atoms with E-state index in [1.165, 1.54) is 6.07 Å². The Morgan fingerprint density at radius 3 is 2.77 bits per heavy atom. The Balaban J connectivity index is 1.70. The monoisotopic (exact) mass is 442 g/mol. The molecule has 2 heterocycles. The molecule has 31 heavy (non-hydrogen) atoms. The van der Waals surface area contributed by atoms with Crippen LogP contribution in [0.4, 0.5) is 5.69 Å². The molecule has 0 bridgehead atoms. The van der Waals surface area contributed by atoms with Crippen molar-refractivity contribution in [1.29, 1.82) is 0 Å². The molecule has 0 aliphatic carbocycles. The molecule has 10 heteroatoms. The first-order valence-electron chi connectivity index (χ1n) is 9.67. The van der Waals surface area contributed by atoms with Crippen LogP contribution in [0.1, 0.15) is 17.5 Å². The molecular weight excluding hydrogens is 420 g/mol. The lowest BCUT2D eigenvalue weighted by Crippen LogP contribution is -2.27. The summed E-state index contributed by atoms with van der Waals surface area (Å²) in [6, 6.07) is 13.9. The van der Waals surface area contributed by atoms with Crippen molar-refractivity contribution in [3.05, 3.63) is 65.7 Å². The molecule has 9 nitrogen and oxygen atoms in total. The number of nitrogens with zero attached hydrogens (tertiary/aromatic N) is 4. The number of fused-ring (bicyclic) bond motifs is 2. The van der Waals surface area contributed by atoms with E-state index in [9.17, 15) is 13.6 Å². The normalized spacial score (nSPS) is 17.0. The number of methoxy groups -OCH3 is 1. The van der Waals surface area contributed by atoms with Gasteiger partial charge in [-0.15, -0.1) is 9.62 Å². The van der Waals surface area contributed by atoms with Crippen molar-refractivity contribution >= 4 is 33.3 Å². The molecule has 2 aliphatic rings. The van der Waals surface area contributed by atoms with E-state index in [0.717, 1.165) is 16.4 Å². The third-order valence-electron chi connectivity index (χ3n) is 4.83. The molecular formula is C21H22N4O5S. The molecule has 1 N–H and O–H groups in total. The first-order chi connectivity index (χ1) is 15.0. The van der Waals surface area contributed by atoms with Gasteiger partial charge in [0.1, 0.15) is 10.6 Å². The van der Waals surface area contributed by atoms with Crippen molar-refractivity contribution in [2.75, 3.05) is 32.1 Å². The van der Waals surface area contributed by atoms with Gasteiger partial charge in [-0.3, -0.25) is 5.21 Å². The van der Waals surface area contributed by atoms with E-state index in [-0.39, 0.29) is 17.3 Å². The van der Waals surface area contributed by atoms with Crippen molar-refractivity contribution in [3.8, 4) is 0 Å². The van der Waals surface area contributed by atoms with Crippen LogP contribution in [-0.4, -0.2) is 57.6 Å². The van der Waals surface area contributed by atoms with E-state index in [1.807, 2.05) is 12.1 Å². The van der Waals surface area contributed by atoms with Crippen LogP contribution in [0.25, 0.3) is 5.57 Å². The van der Waals surface area contributed by atoms with Crippen LogP contribution in [0.15, 0.2) is 69.0 Å². The van der Waals surface area contributed by atoms with Crippen LogP contribution in [0.2, 0.25) is 0 Å². The fourth-order valence-corrected chi connectivity index (χ4v) is 4.57. The molecule has 162 valence electrons. The molecule has 2 aromatic rings. The number of rotatable bonds is 6. The molecule has 0 amide bonds. The molecule has 2 aromatic carbocycles. The second kappa shape index (κ2) is 8.98. The van der Waals surface area contributed by atoms with E-state index >= 15 is 0 Å². The Morgan fingerprint density at radius 1 is 1.23 bits per heavy atom. The number of amidine groups is 1. The lowest BCUT2D eigenvalue weighted by molar-refractivity contribution is -0.0275. The van der Waals surface area contributed by atoms with Gasteiger partial charge in [-0.25, -0.2) is 9.85 Å². The van der Waals surface area contributed by atoms with Gasteiger partial charge in [0.15, 0.2) is 5.84 Å². The van der Waals surface area contributed by atoms with Gasteiger partial charge in [-0.2, -0.15) is 13.5 Å². The van der Waals surface area contributed by atoms with Gasteiger partial charge in [0, 0.05) is 37.0 Å². The summed E-state index contributed by atoms with van der Waals surface area (Å²) in [7, 11) is -2.16. The second-order valence-corrected chi connectivity index (χ2v) is 8.42. The number of ether oxygens (including phenoxy) is 1. The highest BCUT2D eigenvalue weighted by Crippen LogP contribution is 2.30. The molecule has 0 atom stereocenters. The van der Waals surface area contributed by atoms with Gasteiger partial charge in [-0.05, 0) is 30.7 Å². The van der Waals surface area contributed by atoms with Crippen LogP contribution in [0, 0.1) is 0 Å². The summed E-state index contributed by atoms with van der Waals surface area (Å²) in [6.45, 7) is 1.05. The molecule has 4 rings (SSSR count). The lowest BCUT2D eigenvalue weighted by Gasteiger charge is -2.19. The van der Waals surface area contributed by atoms with Gasteiger partial charge in [0.05, 0.1) is 12.8 Å². The van der Waals surface area contributed by atoms with Crippen molar-refractivity contribution < 1.29 is 23.2 Å². The zero-order valence-electron chi connectivity index (χ0n) is 16.9. The first kappa shape index (κ1) is 21.2. The molecule has 0 saturated heterocycles. The van der Waals surface area contributed by atoms with Crippen molar-refractivity contribution in [2.45, 2.75) is 11.3 Å². The number of benzene rings is 2. The van der Waals surface area contributed by atoms with Gasteiger partial charge in [0.2, 0.25) is 0 Å². The third-order valence-corrected chi connectivity index (χ3v) is 6.16. The summed E-state index contributed by atoms with van der Waals surface area (Å²) in [5.41, 5.74) is 2.44. The van der Waals surface area contributed by atoms with E-state index in [1.54, 1.807) is 54.7 Å². The van der Waals surface area contributed by atoms with Gasteiger partial charge < -0.3 is 4.74 Å². The van der Waals surface area contributed by atoms with Crippen molar-refractivity contribution in [3.63, 3.8) is 0 Å². The minimum Gasteiger partial charge on any atom is -0.385 e. The lowest BCUT2D eigenvalue weighted by atomic mass is 10.0. The Morgan fingerprint density at radius 2 is 1.97 bits per heavy atom. The maximum Gasteiger partial charge on any atom is 0.285 e. The van der Waals surface area contributed by atoms with Crippen molar-refractivity contribution in [2.24, 2.45) is 9.50 Å². The molecule has 0 fully saturated rings. The summed E-state index contributed by atoms with van der Waals surface area (Å²) < 4.78 is 34.1. The third kappa shape index (κ3) is 4.37. The fourth-order valence-electron chi connectivity index (χ4n) is 3.37. The predicted octanol–water partition coefficient (Wildman–Crippen LogP) is 2.68. The number of para-hydroxylation sites is 1. The minimum atomic E-state index is -3.77. The van der Waals surface area contributed by atoms with E-state index in [4.69, 9.17) is 9.57 Å². The van der Waals surface area contributed by atoms with Crippen molar-refractivity contribution in [1.82, 2.24) is 5.01 Å². The SMILES string of the molecule is COCCCN(/N=C/C1=CCON(O)c2ccccc21)C1=NS(=O)(=O)c2ccccc21. The van der Waals surface area contributed by atoms with Gasteiger partial charge in [0.25, 0.3) is 10.0 Å². The highest BCUT2D eigenvalue weighted by Gasteiger charge is 2.31. The number of hydrogen-bond acceptors (Lipinski definition) is 8. The van der Waals surface area contributed by atoms with Crippen LogP contribution >= 0.6 is 0 Å². The molecule has 2 aliphatic heterocycles. The van der Waals surface area contributed by atoms with E-state index in [2.05, 4.69) is 9.50 Å². The van der Waals surface area contributed by atoms with Crippen LogP contribution in [0.5, 0.6) is 0 Å². The van der Waals surface area contributed by atoms with Gasteiger partial charge in [-0.1, -0.05) is 30.3 Å². The second-order valence-electron chi connectivity index (χ2n) is 6.85. The van der Waals surface area contributed by atoms with E-state index < -0.39 is 10.0 Å². The maximum atomic E-state index is 12.5. The number of sulfonamides is 1. The Kier molecular flexibility index (Phi) is 6.14. The maximum absolute atomic E-state index is 12.5. The Labute approximate surface area is 180 Å². The van der Waals surface area contributed by atoms with Crippen LogP contribution in [0.3, 0.4) is 0 Å². The molecule has 0 saturated carbocycles. The van der Waals surface area contributed by atoms with Gasteiger partial charge >= 0.3 is 0 Å². The highest BCUT2D eigenvalue weighted by molar-refractivity contribution is 7.90. The summed E-state index contributed by atoms with van der Waals surface area (Å²) in [4.78, 5) is 5.40. The highest BCUT2D eigenvalue weighted by atomic mass is 32.2. The molecule has 0 spiro atoms. The Bertz CT molecular complexity index is 1160. The van der Waals surface area contributed by atoms with Crippen LogP contribution in [-0.2, 0) is 19.6 Å². The average Bonchev–Trinajstić information content (AvgIpc) is 2.94. The predicted molar refractivity (Wildman–Crippen MR) is 116 cm³/mol. The van der Waals surface area contributed by atoms with E-state index in [0.29, 0.717) is 30.8 Å². The van der Waals surface area contributed by atoms with Crippen LogP contribution < -0.4 is 5.23 Å². The number of hydrogen-bond donors (Lipinski definition) is 1. The average molecular weight is 442 g/mol. The molecule has 0 radical (unpaired) electrons. The first-order valence-corrected chi connectivity index (χ1v) is 11.1. The number of anilines is 1. The number of hydrazone groups is 1. The summed E-state index contributed by atoms with van der Waals surface area (Å²) in [5.74, 6) is 0.269. The molecule has 0 unspecified atom stereocenters.